The van der Waals surface area contributed by atoms with Gasteiger partial charge in [-0.25, -0.2) is 9.97 Å². The Balaban J connectivity index is 1.63. The summed E-state index contributed by atoms with van der Waals surface area (Å²) in [4.78, 5) is 20.8. The Morgan fingerprint density at radius 1 is 1.41 bits per heavy atom. The van der Waals surface area contributed by atoms with Crippen LogP contribution in [0.2, 0.25) is 0 Å². The molecule has 1 amide bonds. The van der Waals surface area contributed by atoms with E-state index in [0.29, 0.717) is 12.2 Å². The average molecular weight is 303 g/mol. The fraction of sp³-hybridized carbons (Fsp3) is 0.706. The van der Waals surface area contributed by atoms with E-state index in [9.17, 15) is 4.79 Å². The second-order valence-electron chi connectivity index (χ2n) is 6.56. The van der Waals surface area contributed by atoms with Gasteiger partial charge in [0.05, 0.1) is 29.5 Å². The number of ether oxygens (including phenoxy) is 1. The van der Waals surface area contributed by atoms with Crippen LogP contribution in [0.4, 0.5) is 0 Å². The van der Waals surface area contributed by atoms with Crippen LogP contribution in [0.15, 0.2) is 12.5 Å². The molecule has 2 fully saturated rings. The molecule has 1 saturated heterocycles. The predicted octanol–water partition coefficient (Wildman–Crippen LogP) is 2.65. The fourth-order valence-electron chi connectivity index (χ4n) is 3.73. The summed E-state index contributed by atoms with van der Waals surface area (Å²) in [5, 5.41) is 3.12. The molecule has 2 heterocycles. The Labute approximate surface area is 131 Å². The van der Waals surface area contributed by atoms with Crippen LogP contribution in [-0.4, -0.2) is 34.1 Å². The van der Waals surface area contributed by atoms with E-state index in [4.69, 9.17) is 4.74 Å². The second-order valence-corrected chi connectivity index (χ2v) is 6.56. The lowest BCUT2D eigenvalue weighted by molar-refractivity contribution is -0.0246. The van der Waals surface area contributed by atoms with Crippen molar-refractivity contribution in [2.24, 2.45) is 0 Å². The molecule has 3 rings (SSSR count). The van der Waals surface area contributed by atoms with Gasteiger partial charge in [0.15, 0.2) is 0 Å². The van der Waals surface area contributed by atoms with Gasteiger partial charge in [-0.3, -0.25) is 4.79 Å². The first-order valence-electron chi connectivity index (χ1n) is 8.46. The summed E-state index contributed by atoms with van der Waals surface area (Å²) >= 11 is 0. The Morgan fingerprint density at radius 2 is 2.23 bits per heavy atom. The number of nitrogens with one attached hydrogen (secondary N) is 1. The molecule has 0 bridgehead atoms. The van der Waals surface area contributed by atoms with Crippen molar-refractivity contribution in [3.63, 3.8) is 0 Å². The fourth-order valence-corrected chi connectivity index (χ4v) is 3.73. The van der Waals surface area contributed by atoms with Crippen molar-refractivity contribution in [3.8, 4) is 0 Å². The number of aromatic nitrogens is 2. The molecule has 1 unspecified atom stereocenters. The number of carbonyl (C=O) groups excluding carboxylic acids is 1. The summed E-state index contributed by atoms with van der Waals surface area (Å²) in [5.74, 6) is -0.0643. The quantitative estimate of drug-likeness (QED) is 0.928. The molecule has 120 valence electrons. The Bertz CT molecular complexity index is 526. The molecule has 1 saturated carbocycles. The Morgan fingerprint density at radius 3 is 3.00 bits per heavy atom. The lowest BCUT2D eigenvalue weighted by atomic mass is 9.82. The number of amides is 1. The monoisotopic (exact) mass is 303 g/mol. The summed E-state index contributed by atoms with van der Waals surface area (Å²) in [7, 11) is 0. The van der Waals surface area contributed by atoms with Crippen LogP contribution in [-0.2, 0) is 11.2 Å². The molecule has 22 heavy (non-hydrogen) atoms. The van der Waals surface area contributed by atoms with Crippen LogP contribution in [0.25, 0.3) is 0 Å². The van der Waals surface area contributed by atoms with Crippen molar-refractivity contribution in [3.05, 3.63) is 23.8 Å². The predicted molar refractivity (Wildman–Crippen MR) is 83.7 cm³/mol. The zero-order chi connectivity index (χ0) is 15.4. The van der Waals surface area contributed by atoms with Crippen molar-refractivity contribution in [1.29, 1.82) is 0 Å². The molecule has 1 aliphatic carbocycles. The molecular weight excluding hydrogens is 278 g/mol. The smallest absolute Gasteiger partial charge is 0.255 e. The van der Waals surface area contributed by atoms with Gasteiger partial charge in [-0.2, -0.15) is 0 Å². The van der Waals surface area contributed by atoms with Crippen LogP contribution in [0.5, 0.6) is 0 Å². The SMILES string of the molecule is CCCc1ncncc1C(=O)NC1COC2(CCCCC2)C1. The highest BCUT2D eigenvalue weighted by Crippen LogP contribution is 2.39. The van der Waals surface area contributed by atoms with Gasteiger partial charge in [0.1, 0.15) is 6.33 Å². The molecule has 1 atom stereocenters. The van der Waals surface area contributed by atoms with E-state index >= 15 is 0 Å². The van der Waals surface area contributed by atoms with E-state index < -0.39 is 0 Å². The van der Waals surface area contributed by atoms with Crippen molar-refractivity contribution in [2.45, 2.75) is 69.9 Å². The zero-order valence-corrected chi connectivity index (χ0v) is 13.3. The lowest BCUT2D eigenvalue weighted by Crippen LogP contribution is -2.38. The number of hydrogen-bond acceptors (Lipinski definition) is 4. The van der Waals surface area contributed by atoms with E-state index in [1.165, 1.54) is 25.6 Å². The molecule has 0 radical (unpaired) electrons. The van der Waals surface area contributed by atoms with Gasteiger partial charge in [0.25, 0.3) is 5.91 Å². The van der Waals surface area contributed by atoms with Crippen LogP contribution < -0.4 is 5.32 Å². The largest absolute Gasteiger partial charge is 0.373 e. The summed E-state index contributed by atoms with van der Waals surface area (Å²) in [5.41, 5.74) is 1.46. The summed E-state index contributed by atoms with van der Waals surface area (Å²) in [6, 6.07) is 0.111. The second kappa shape index (κ2) is 6.73. The molecule has 1 aliphatic heterocycles. The van der Waals surface area contributed by atoms with Gasteiger partial charge < -0.3 is 10.1 Å². The maximum absolute atomic E-state index is 12.5. The third-order valence-electron chi connectivity index (χ3n) is 4.84. The van der Waals surface area contributed by atoms with Crippen molar-refractivity contribution < 1.29 is 9.53 Å². The molecule has 0 aromatic carbocycles. The molecule has 1 aromatic heterocycles. The summed E-state index contributed by atoms with van der Waals surface area (Å²) < 4.78 is 6.06. The van der Waals surface area contributed by atoms with Gasteiger partial charge in [0, 0.05) is 6.20 Å². The molecular formula is C17H25N3O2. The van der Waals surface area contributed by atoms with Gasteiger partial charge in [0.2, 0.25) is 0 Å². The third-order valence-corrected chi connectivity index (χ3v) is 4.84. The topological polar surface area (TPSA) is 64.1 Å². The normalized spacial score (nSPS) is 23.6. The number of carbonyl (C=O) groups is 1. The van der Waals surface area contributed by atoms with Crippen molar-refractivity contribution in [1.82, 2.24) is 15.3 Å². The first kappa shape index (κ1) is 15.4. The summed E-state index contributed by atoms with van der Waals surface area (Å²) in [6.07, 6.45) is 11.9. The van der Waals surface area contributed by atoms with Gasteiger partial charge >= 0.3 is 0 Å². The zero-order valence-electron chi connectivity index (χ0n) is 13.3. The van der Waals surface area contributed by atoms with E-state index in [1.807, 2.05) is 0 Å². The van der Waals surface area contributed by atoms with E-state index in [1.54, 1.807) is 6.20 Å². The molecule has 1 aromatic rings. The third kappa shape index (κ3) is 3.29. The first-order chi connectivity index (χ1) is 10.7. The van der Waals surface area contributed by atoms with Crippen LogP contribution in [0.3, 0.4) is 0 Å². The Hall–Kier alpha value is -1.49. The van der Waals surface area contributed by atoms with Crippen LogP contribution >= 0.6 is 0 Å². The number of nitrogens with zero attached hydrogens (tertiary/aromatic N) is 2. The Kier molecular flexibility index (Phi) is 4.71. The molecule has 5 heteroatoms. The van der Waals surface area contributed by atoms with Gasteiger partial charge in [-0.15, -0.1) is 0 Å². The number of aryl methyl sites for hydroxylation is 1. The highest BCUT2D eigenvalue weighted by Gasteiger charge is 2.41. The van der Waals surface area contributed by atoms with Crippen molar-refractivity contribution >= 4 is 5.91 Å². The van der Waals surface area contributed by atoms with Gasteiger partial charge in [-0.1, -0.05) is 32.6 Å². The molecule has 1 N–H and O–H groups in total. The number of rotatable bonds is 4. The lowest BCUT2D eigenvalue weighted by Gasteiger charge is -2.32. The summed E-state index contributed by atoms with van der Waals surface area (Å²) in [6.45, 7) is 2.71. The van der Waals surface area contributed by atoms with Crippen LogP contribution in [0, 0.1) is 0 Å². The van der Waals surface area contributed by atoms with E-state index in [2.05, 4.69) is 22.2 Å². The average Bonchev–Trinajstić information content (AvgIpc) is 2.91. The van der Waals surface area contributed by atoms with E-state index in [-0.39, 0.29) is 17.6 Å². The minimum absolute atomic E-state index is 0.0234. The first-order valence-corrected chi connectivity index (χ1v) is 8.46. The maximum Gasteiger partial charge on any atom is 0.255 e. The standard InChI is InChI=1S/C17H25N3O2/c1-2-6-15-14(10-18-12-19-15)16(21)20-13-9-17(22-11-13)7-4-3-5-8-17/h10,12-13H,2-9,11H2,1H3,(H,20,21). The number of hydrogen-bond donors (Lipinski definition) is 1. The maximum atomic E-state index is 12.5. The van der Waals surface area contributed by atoms with Crippen molar-refractivity contribution in [2.75, 3.05) is 6.61 Å². The molecule has 2 aliphatic rings. The minimum Gasteiger partial charge on any atom is -0.373 e. The molecule has 1 spiro atoms. The highest BCUT2D eigenvalue weighted by molar-refractivity contribution is 5.95. The highest BCUT2D eigenvalue weighted by atomic mass is 16.5. The van der Waals surface area contributed by atoms with Gasteiger partial charge in [-0.05, 0) is 25.7 Å². The molecule has 5 nitrogen and oxygen atoms in total. The van der Waals surface area contributed by atoms with E-state index in [0.717, 1.165) is 37.8 Å². The minimum atomic E-state index is -0.0643. The van der Waals surface area contributed by atoms with Crippen LogP contribution in [0.1, 0.15) is 67.9 Å².